The van der Waals surface area contributed by atoms with Gasteiger partial charge in [-0.1, -0.05) is 19.3 Å². The first-order valence-electron chi connectivity index (χ1n) is 6.60. The van der Waals surface area contributed by atoms with Crippen molar-refractivity contribution in [2.24, 2.45) is 0 Å². The zero-order valence-corrected chi connectivity index (χ0v) is 10.6. The van der Waals surface area contributed by atoms with Crippen LogP contribution in [0.3, 0.4) is 0 Å². The average molecular weight is 243 g/mol. The quantitative estimate of drug-likeness (QED) is 0.762. The lowest BCUT2D eigenvalue weighted by molar-refractivity contribution is 0.112. The molecule has 2 heterocycles. The molecule has 0 aromatic carbocycles. The Morgan fingerprint density at radius 3 is 2.83 bits per heavy atom. The number of carbonyl (C=O) groups is 1. The van der Waals surface area contributed by atoms with Crippen LogP contribution >= 0.6 is 0 Å². The molecule has 4 nitrogen and oxygen atoms in total. The van der Waals surface area contributed by atoms with Gasteiger partial charge in [0.2, 0.25) is 0 Å². The summed E-state index contributed by atoms with van der Waals surface area (Å²) in [7, 11) is 0. The number of hydrogen-bond donors (Lipinski definition) is 0. The number of hydrogen-bond acceptors (Lipinski definition) is 3. The Morgan fingerprint density at radius 2 is 2.11 bits per heavy atom. The zero-order valence-electron chi connectivity index (χ0n) is 10.6. The third-order valence-electron chi connectivity index (χ3n) is 3.76. The number of nitrogens with zero attached hydrogens (tertiary/aromatic N) is 3. The highest BCUT2D eigenvalue weighted by Gasteiger charge is 2.20. The fourth-order valence-corrected chi connectivity index (χ4v) is 2.79. The minimum Gasteiger partial charge on any atom is -0.298 e. The molecule has 2 aromatic heterocycles. The van der Waals surface area contributed by atoms with Gasteiger partial charge < -0.3 is 0 Å². The number of fused-ring (bicyclic) bond motifs is 1. The molecule has 4 heteroatoms. The maximum Gasteiger partial charge on any atom is 0.158 e. The number of pyridine rings is 1. The molecule has 0 amide bonds. The van der Waals surface area contributed by atoms with Gasteiger partial charge in [-0.05, 0) is 31.4 Å². The number of aromatic nitrogens is 3. The lowest BCUT2D eigenvalue weighted by atomic mass is 9.89. The second-order valence-electron chi connectivity index (χ2n) is 5.15. The van der Waals surface area contributed by atoms with Crippen molar-refractivity contribution in [3.63, 3.8) is 0 Å². The fourth-order valence-electron chi connectivity index (χ4n) is 2.79. The molecule has 2 aromatic rings. The zero-order chi connectivity index (χ0) is 12.5. The van der Waals surface area contributed by atoms with Crippen molar-refractivity contribution in [1.82, 2.24) is 14.6 Å². The monoisotopic (exact) mass is 243 g/mol. The van der Waals surface area contributed by atoms with Crippen molar-refractivity contribution in [2.45, 2.75) is 44.9 Å². The molecule has 1 aliphatic carbocycles. The van der Waals surface area contributed by atoms with Gasteiger partial charge in [0.15, 0.2) is 17.8 Å². The minimum absolute atomic E-state index is 0.498. The first kappa shape index (κ1) is 11.4. The van der Waals surface area contributed by atoms with E-state index in [1.54, 1.807) is 10.7 Å². The second kappa shape index (κ2) is 4.52. The van der Waals surface area contributed by atoms with Gasteiger partial charge in [0.1, 0.15) is 0 Å². The summed E-state index contributed by atoms with van der Waals surface area (Å²) in [6, 6.07) is 1.86. The Labute approximate surface area is 106 Å². The van der Waals surface area contributed by atoms with Crippen LogP contribution in [-0.4, -0.2) is 20.9 Å². The molecule has 1 saturated carbocycles. The Kier molecular flexibility index (Phi) is 2.86. The molecule has 1 fully saturated rings. The molecule has 0 bridgehead atoms. The van der Waals surface area contributed by atoms with Crippen LogP contribution in [0.1, 0.15) is 59.8 Å². The molecule has 0 saturated heterocycles. The summed E-state index contributed by atoms with van der Waals surface area (Å²) < 4.78 is 1.75. The van der Waals surface area contributed by atoms with E-state index < -0.39 is 0 Å². The standard InChI is InChI=1S/C14H17N3O/c1-10-7-11(9-18)8-17-14(10)15-13(16-17)12-5-3-2-4-6-12/h7-9,12H,2-6H2,1H3. The third-order valence-corrected chi connectivity index (χ3v) is 3.76. The second-order valence-corrected chi connectivity index (χ2v) is 5.15. The summed E-state index contributed by atoms with van der Waals surface area (Å²) in [4.78, 5) is 15.5. The summed E-state index contributed by atoms with van der Waals surface area (Å²) in [5.74, 6) is 1.44. The summed E-state index contributed by atoms with van der Waals surface area (Å²) in [5, 5.41) is 4.55. The molecule has 18 heavy (non-hydrogen) atoms. The number of rotatable bonds is 2. The Bertz CT molecular complexity index is 582. The molecule has 0 N–H and O–H groups in total. The SMILES string of the molecule is Cc1cc(C=O)cn2nc(C3CCCCC3)nc12. The van der Waals surface area contributed by atoms with Crippen LogP contribution in [0.15, 0.2) is 12.3 Å². The molecule has 0 aliphatic heterocycles. The van der Waals surface area contributed by atoms with Crippen molar-refractivity contribution in [2.75, 3.05) is 0 Å². The first-order valence-corrected chi connectivity index (χ1v) is 6.60. The van der Waals surface area contributed by atoms with Gasteiger partial charge in [-0.25, -0.2) is 9.50 Å². The highest BCUT2D eigenvalue weighted by atomic mass is 16.1. The van der Waals surface area contributed by atoms with Crippen LogP contribution < -0.4 is 0 Å². The van der Waals surface area contributed by atoms with Crippen molar-refractivity contribution < 1.29 is 4.79 Å². The predicted octanol–water partition coefficient (Wildman–Crippen LogP) is 2.90. The minimum atomic E-state index is 0.498. The van der Waals surface area contributed by atoms with Crippen molar-refractivity contribution in [3.8, 4) is 0 Å². The molecule has 94 valence electrons. The maximum absolute atomic E-state index is 10.8. The van der Waals surface area contributed by atoms with Crippen molar-refractivity contribution in [1.29, 1.82) is 0 Å². The van der Waals surface area contributed by atoms with Crippen LogP contribution in [0.5, 0.6) is 0 Å². The van der Waals surface area contributed by atoms with Crippen molar-refractivity contribution in [3.05, 3.63) is 29.2 Å². The van der Waals surface area contributed by atoms with Gasteiger partial charge in [0.25, 0.3) is 0 Å². The molecule has 0 unspecified atom stereocenters. The normalized spacial score (nSPS) is 17.2. The molecule has 0 radical (unpaired) electrons. The van der Waals surface area contributed by atoms with Gasteiger partial charge >= 0.3 is 0 Å². The Morgan fingerprint density at radius 1 is 1.33 bits per heavy atom. The predicted molar refractivity (Wildman–Crippen MR) is 68.9 cm³/mol. The van der Waals surface area contributed by atoms with Gasteiger partial charge in [0.05, 0.1) is 0 Å². The fraction of sp³-hybridized carbons (Fsp3) is 0.500. The van der Waals surface area contributed by atoms with Crippen molar-refractivity contribution >= 4 is 11.9 Å². The van der Waals surface area contributed by atoms with Crippen LogP contribution in [0, 0.1) is 6.92 Å². The topological polar surface area (TPSA) is 47.3 Å². The summed E-state index contributed by atoms with van der Waals surface area (Å²) in [6.07, 6.45) is 8.88. The Hall–Kier alpha value is -1.71. The van der Waals surface area contributed by atoms with E-state index in [0.29, 0.717) is 11.5 Å². The van der Waals surface area contributed by atoms with Crippen LogP contribution in [0.2, 0.25) is 0 Å². The lowest BCUT2D eigenvalue weighted by Crippen LogP contribution is -2.06. The van der Waals surface area contributed by atoms with Gasteiger partial charge in [-0.2, -0.15) is 5.10 Å². The summed E-state index contributed by atoms with van der Waals surface area (Å²) in [5.41, 5.74) is 2.54. The van der Waals surface area contributed by atoms with E-state index >= 15 is 0 Å². The number of aryl methyl sites for hydroxylation is 1. The number of carbonyl (C=O) groups excluding carboxylic acids is 1. The summed E-state index contributed by atoms with van der Waals surface area (Å²) >= 11 is 0. The van der Waals surface area contributed by atoms with Gasteiger partial charge in [-0.3, -0.25) is 4.79 Å². The first-order chi connectivity index (χ1) is 8.78. The van der Waals surface area contributed by atoms with E-state index in [2.05, 4.69) is 10.1 Å². The van der Waals surface area contributed by atoms with E-state index in [0.717, 1.165) is 23.3 Å². The van der Waals surface area contributed by atoms with Crippen LogP contribution in [0.25, 0.3) is 5.65 Å². The van der Waals surface area contributed by atoms with E-state index in [-0.39, 0.29) is 0 Å². The third kappa shape index (κ3) is 1.92. The molecular weight excluding hydrogens is 226 g/mol. The van der Waals surface area contributed by atoms with Gasteiger partial charge in [0, 0.05) is 17.7 Å². The largest absolute Gasteiger partial charge is 0.298 e. The Balaban J connectivity index is 2.04. The average Bonchev–Trinajstić information content (AvgIpc) is 2.84. The molecular formula is C14H17N3O. The maximum atomic E-state index is 10.8. The van der Waals surface area contributed by atoms with E-state index in [1.165, 1.54) is 32.1 Å². The lowest BCUT2D eigenvalue weighted by Gasteiger charge is -2.17. The molecule has 3 rings (SSSR count). The molecule has 0 atom stereocenters. The molecule has 0 spiro atoms. The van der Waals surface area contributed by atoms with Crippen LogP contribution in [-0.2, 0) is 0 Å². The highest BCUT2D eigenvalue weighted by molar-refractivity contribution is 5.75. The van der Waals surface area contributed by atoms with E-state index in [1.807, 2.05) is 13.0 Å². The van der Waals surface area contributed by atoms with E-state index in [9.17, 15) is 4.79 Å². The van der Waals surface area contributed by atoms with Gasteiger partial charge in [-0.15, -0.1) is 0 Å². The summed E-state index contributed by atoms with van der Waals surface area (Å²) in [6.45, 7) is 1.97. The smallest absolute Gasteiger partial charge is 0.158 e. The van der Waals surface area contributed by atoms with Crippen LogP contribution in [0.4, 0.5) is 0 Å². The molecule has 1 aliphatic rings. The number of aldehydes is 1. The van der Waals surface area contributed by atoms with E-state index in [4.69, 9.17) is 0 Å². The highest BCUT2D eigenvalue weighted by Crippen LogP contribution is 2.31.